The Kier molecular flexibility index (Phi) is 4.04. The maximum absolute atomic E-state index is 12.2. The first-order chi connectivity index (χ1) is 10.3. The highest BCUT2D eigenvalue weighted by Crippen LogP contribution is 2.21. The van der Waals surface area contributed by atoms with Gasteiger partial charge in [-0.3, -0.25) is 4.79 Å². The number of hydrogen-bond donors (Lipinski definition) is 1. The van der Waals surface area contributed by atoms with Crippen LogP contribution in [0, 0.1) is 0 Å². The van der Waals surface area contributed by atoms with E-state index in [0.29, 0.717) is 6.54 Å². The molecule has 0 atom stereocenters. The summed E-state index contributed by atoms with van der Waals surface area (Å²) >= 11 is 0. The molecule has 0 fully saturated rings. The number of pyridine rings is 2. The van der Waals surface area contributed by atoms with Crippen molar-refractivity contribution in [2.45, 2.75) is 39.2 Å². The van der Waals surface area contributed by atoms with Crippen molar-refractivity contribution < 1.29 is 0 Å². The Labute approximate surface area is 124 Å². The van der Waals surface area contributed by atoms with Gasteiger partial charge in [0, 0.05) is 30.1 Å². The number of fused-ring (bicyclic) bond motifs is 1. The van der Waals surface area contributed by atoms with Crippen LogP contribution in [0.5, 0.6) is 0 Å². The van der Waals surface area contributed by atoms with Gasteiger partial charge in [-0.05, 0) is 37.3 Å². The van der Waals surface area contributed by atoms with Crippen LogP contribution >= 0.6 is 0 Å². The van der Waals surface area contributed by atoms with Crippen molar-refractivity contribution >= 4 is 5.82 Å². The van der Waals surface area contributed by atoms with E-state index in [2.05, 4.69) is 17.2 Å². The van der Waals surface area contributed by atoms with Gasteiger partial charge in [-0.2, -0.15) is 0 Å². The monoisotopic (exact) mass is 283 g/mol. The number of nitrogens with one attached hydrogen (secondary N) is 1. The number of hydrogen-bond acceptors (Lipinski definition) is 3. The van der Waals surface area contributed by atoms with Crippen molar-refractivity contribution in [1.82, 2.24) is 9.55 Å². The van der Waals surface area contributed by atoms with Gasteiger partial charge in [0.2, 0.25) is 0 Å². The number of aryl methyl sites for hydroxylation is 1. The average molecular weight is 283 g/mol. The van der Waals surface area contributed by atoms with Gasteiger partial charge in [-0.25, -0.2) is 4.98 Å². The van der Waals surface area contributed by atoms with Crippen LogP contribution in [0.15, 0.2) is 35.3 Å². The lowest BCUT2D eigenvalue weighted by Gasteiger charge is -2.15. The molecule has 0 aromatic carbocycles. The zero-order chi connectivity index (χ0) is 14.7. The SMILES string of the molecule is CCCNc1ncccc1Cn1c2c(ccc1=O)CCC2. The molecule has 0 aliphatic heterocycles. The molecule has 2 heterocycles. The molecular weight excluding hydrogens is 262 g/mol. The fourth-order valence-electron chi connectivity index (χ4n) is 2.95. The third kappa shape index (κ3) is 2.84. The second kappa shape index (κ2) is 6.12. The summed E-state index contributed by atoms with van der Waals surface area (Å²) in [5.74, 6) is 0.891. The van der Waals surface area contributed by atoms with E-state index in [1.165, 1.54) is 11.3 Å². The van der Waals surface area contributed by atoms with E-state index in [0.717, 1.165) is 43.6 Å². The molecule has 21 heavy (non-hydrogen) atoms. The lowest BCUT2D eigenvalue weighted by molar-refractivity contribution is 0.706. The molecule has 4 nitrogen and oxygen atoms in total. The second-order valence-corrected chi connectivity index (χ2v) is 5.52. The summed E-state index contributed by atoms with van der Waals surface area (Å²) in [5.41, 5.74) is 3.68. The van der Waals surface area contributed by atoms with Crippen LogP contribution in [0.25, 0.3) is 0 Å². The van der Waals surface area contributed by atoms with Gasteiger partial charge in [0.05, 0.1) is 6.54 Å². The fourth-order valence-corrected chi connectivity index (χ4v) is 2.95. The van der Waals surface area contributed by atoms with Gasteiger partial charge in [-0.15, -0.1) is 0 Å². The van der Waals surface area contributed by atoms with Crippen molar-refractivity contribution in [2.75, 3.05) is 11.9 Å². The Balaban J connectivity index is 1.95. The third-order valence-corrected chi connectivity index (χ3v) is 4.01. The van der Waals surface area contributed by atoms with E-state index in [4.69, 9.17) is 0 Å². The number of nitrogens with zero attached hydrogens (tertiary/aromatic N) is 2. The van der Waals surface area contributed by atoms with Crippen LogP contribution in [0.3, 0.4) is 0 Å². The summed E-state index contributed by atoms with van der Waals surface area (Å²) in [5, 5.41) is 3.34. The normalized spacial score (nSPS) is 13.2. The van der Waals surface area contributed by atoms with Gasteiger partial charge in [0.1, 0.15) is 5.82 Å². The predicted molar refractivity (Wildman–Crippen MR) is 84.8 cm³/mol. The Morgan fingerprint density at radius 2 is 2.19 bits per heavy atom. The quantitative estimate of drug-likeness (QED) is 0.917. The molecule has 2 aromatic rings. The summed E-state index contributed by atoms with van der Waals surface area (Å²) in [6.45, 7) is 3.62. The summed E-state index contributed by atoms with van der Waals surface area (Å²) in [6, 6.07) is 7.66. The van der Waals surface area contributed by atoms with Crippen LogP contribution in [0.1, 0.15) is 36.6 Å². The van der Waals surface area contributed by atoms with Crippen molar-refractivity contribution in [1.29, 1.82) is 0 Å². The molecular formula is C17H21N3O. The zero-order valence-corrected chi connectivity index (χ0v) is 12.4. The van der Waals surface area contributed by atoms with Crippen LogP contribution in [-0.4, -0.2) is 16.1 Å². The lowest BCUT2D eigenvalue weighted by Crippen LogP contribution is -2.24. The molecule has 0 saturated carbocycles. The number of aromatic nitrogens is 2. The van der Waals surface area contributed by atoms with Crippen molar-refractivity contribution in [3.05, 3.63) is 57.6 Å². The number of rotatable bonds is 5. The van der Waals surface area contributed by atoms with Crippen molar-refractivity contribution in [3.63, 3.8) is 0 Å². The minimum atomic E-state index is 0.0842. The van der Waals surface area contributed by atoms with E-state index < -0.39 is 0 Å². The van der Waals surface area contributed by atoms with Crippen LogP contribution in [0.4, 0.5) is 5.82 Å². The summed E-state index contributed by atoms with van der Waals surface area (Å²) < 4.78 is 1.91. The third-order valence-electron chi connectivity index (χ3n) is 4.01. The highest BCUT2D eigenvalue weighted by Gasteiger charge is 2.16. The lowest BCUT2D eigenvalue weighted by atomic mass is 10.2. The topological polar surface area (TPSA) is 46.9 Å². The zero-order valence-electron chi connectivity index (χ0n) is 12.4. The van der Waals surface area contributed by atoms with Crippen LogP contribution in [0.2, 0.25) is 0 Å². The first-order valence-electron chi connectivity index (χ1n) is 7.69. The summed E-state index contributed by atoms with van der Waals surface area (Å²) in [4.78, 5) is 16.6. The molecule has 0 bridgehead atoms. The minimum absolute atomic E-state index is 0.0842. The van der Waals surface area contributed by atoms with Crippen molar-refractivity contribution in [2.24, 2.45) is 0 Å². The molecule has 1 aliphatic carbocycles. The van der Waals surface area contributed by atoms with Crippen LogP contribution in [-0.2, 0) is 19.4 Å². The first-order valence-corrected chi connectivity index (χ1v) is 7.69. The molecule has 110 valence electrons. The Bertz CT molecular complexity index is 691. The second-order valence-electron chi connectivity index (χ2n) is 5.52. The molecule has 1 aliphatic rings. The average Bonchev–Trinajstić information content (AvgIpc) is 2.98. The van der Waals surface area contributed by atoms with E-state index >= 15 is 0 Å². The predicted octanol–water partition coefficient (Wildman–Crippen LogP) is 2.60. The summed E-state index contributed by atoms with van der Waals surface area (Å²) in [7, 11) is 0. The molecule has 0 amide bonds. The molecule has 4 heteroatoms. The molecule has 0 saturated heterocycles. The maximum atomic E-state index is 12.2. The Hall–Kier alpha value is -2.10. The van der Waals surface area contributed by atoms with Crippen molar-refractivity contribution in [3.8, 4) is 0 Å². The maximum Gasteiger partial charge on any atom is 0.251 e. The summed E-state index contributed by atoms with van der Waals surface area (Å²) in [6.07, 6.45) is 6.08. The molecule has 1 N–H and O–H groups in total. The Morgan fingerprint density at radius 1 is 1.29 bits per heavy atom. The standard InChI is InChI=1S/C17H21N3O/c1-2-10-18-17-14(6-4-11-19-17)12-20-15-7-3-5-13(15)8-9-16(20)21/h4,6,8-9,11H,2-3,5,7,10,12H2,1H3,(H,18,19). The van der Waals surface area contributed by atoms with Gasteiger partial charge in [0.25, 0.3) is 5.56 Å². The van der Waals surface area contributed by atoms with E-state index in [1.54, 1.807) is 12.3 Å². The fraction of sp³-hybridized carbons (Fsp3) is 0.412. The molecule has 0 unspecified atom stereocenters. The smallest absolute Gasteiger partial charge is 0.251 e. The largest absolute Gasteiger partial charge is 0.370 e. The molecule has 0 radical (unpaired) electrons. The van der Waals surface area contributed by atoms with Crippen LogP contribution < -0.4 is 10.9 Å². The minimum Gasteiger partial charge on any atom is -0.370 e. The van der Waals surface area contributed by atoms with E-state index in [9.17, 15) is 4.79 Å². The molecule has 2 aromatic heterocycles. The first kappa shape index (κ1) is 13.9. The highest BCUT2D eigenvalue weighted by atomic mass is 16.1. The van der Waals surface area contributed by atoms with E-state index in [1.807, 2.05) is 22.8 Å². The molecule has 3 rings (SSSR count). The molecule has 0 spiro atoms. The van der Waals surface area contributed by atoms with Gasteiger partial charge < -0.3 is 9.88 Å². The highest BCUT2D eigenvalue weighted by molar-refractivity contribution is 5.44. The number of anilines is 1. The van der Waals surface area contributed by atoms with Gasteiger partial charge in [-0.1, -0.05) is 19.1 Å². The van der Waals surface area contributed by atoms with Gasteiger partial charge in [0.15, 0.2) is 0 Å². The van der Waals surface area contributed by atoms with Gasteiger partial charge >= 0.3 is 0 Å². The van der Waals surface area contributed by atoms with E-state index in [-0.39, 0.29) is 5.56 Å². The Morgan fingerprint density at radius 3 is 3.05 bits per heavy atom.